The molecule has 0 aliphatic rings. The average Bonchev–Trinajstić information content (AvgIpc) is 2.43. The number of ether oxygens (including phenoxy) is 1. The third-order valence-corrected chi connectivity index (χ3v) is 4.84. The van der Waals surface area contributed by atoms with Crippen LogP contribution in [-0.4, -0.2) is 11.3 Å². The topological polar surface area (TPSA) is 52.3 Å². The molecule has 0 amide bonds. The largest absolute Gasteiger partial charge is 0.496 e. The maximum atomic E-state index is 12.4. The van der Waals surface area contributed by atoms with Crippen molar-refractivity contribution in [3.05, 3.63) is 52.0 Å². The van der Waals surface area contributed by atoms with Gasteiger partial charge in [-0.15, -0.1) is 0 Å². The Bertz CT molecular complexity index is 662. The second-order valence-corrected chi connectivity index (χ2v) is 6.40. The molecule has 3 nitrogen and oxygen atoms in total. The van der Waals surface area contributed by atoms with Gasteiger partial charge < -0.3 is 10.5 Å². The summed E-state index contributed by atoms with van der Waals surface area (Å²) in [6.45, 7) is 0. The number of rotatable bonds is 4. The first-order valence-corrected chi connectivity index (χ1v) is 7.84. The van der Waals surface area contributed by atoms with Gasteiger partial charge in [0.1, 0.15) is 5.75 Å². The third-order valence-electron chi connectivity index (χ3n) is 2.75. The van der Waals surface area contributed by atoms with Gasteiger partial charge in [0.15, 0.2) is 0 Å². The Labute approximate surface area is 130 Å². The highest BCUT2D eigenvalue weighted by Crippen LogP contribution is 2.27. The molecule has 2 aromatic carbocycles. The Morgan fingerprint density at radius 3 is 2.55 bits per heavy atom. The van der Waals surface area contributed by atoms with E-state index in [-0.39, 0.29) is 0 Å². The number of hydrogen-bond donors (Lipinski definition) is 1. The molecule has 6 heteroatoms. The van der Waals surface area contributed by atoms with Crippen LogP contribution < -0.4 is 10.5 Å². The molecule has 106 valence electrons. The van der Waals surface area contributed by atoms with Gasteiger partial charge in [-0.25, -0.2) is 0 Å². The number of hydrogen-bond acceptors (Lipinski definition) is 3. The molecule has 1 atom stereocenters. The molecule has 2 rings (SSSR count). The zero-order valence-corrected chi connectivity index (χ0v) is 13.1. The predicted molar refractivity (Wildman–Crippen MR) is 84.0 cm³/mol. The molecule has 0 aliphatic carbocycles. The maximum Gasteiger partial charge on any atom is 0.125 e. The Hall–Kier alpha value is -1.23. The predicted octanol–water partition coefficient (Wildman–Crippen LogP) is 3.89. The van der Waals surface area contributed by atoms with Crippen LogP contribution in [0.5, 0.6) is 5.75 Å². The first-order chi connectivity index (χ1) is 9.51. The summed E-state index contributed by atoms with van der Waals surface area (Å²) >= 11 is 11.8. The van der Waals surface area contributed by atoms with Gasteiger partial charge in [-0.1, -0.05) is 29.3 Å². The van der Waals surface area contributed by atoms with Crippen molar-refractivity contribution in [3.8, 4) is 5.75 Å². The normalized spacial score (nSPS) is 12.2. The summed E-state index contributed by atoms with van der Waals surface area (Å²) in [7, 11) is 0.321. The minimum absolute atomic E-state index is 0.321. The van der Waals surface area contributed by atoms with Gasteiger partial charge in [-0.3, -0.25) is 4.21 Å². The van der Waals surface area contributed by atoms with Crippen molar-refractivity contribution >= 4 is 39.7 Å². The van der Waals surface area contributed by atoms with Crippen LogP contribution in [0.3, 0.4) is 0 Å². The number of nitrogen functional groups attached to an aromatic ring is 1. The van der Waals surface area contributed by atoms with Gasteiger partial charge in [0.25, 0.3) is 0 Å². The van der Waals surface area contributed by atoms with Gasteiger partial charge in [0.2, 0.25) is 0 Å². The van der Waals surface area contributed by atoms with Crippen LogP contribution in [0.4, 0.5) is 5.69 Å². The highest BCUT2D eigenvalue weighted by molar-refractivity contribution is 7.84. The van der Waals surface area contributed by atoms with E-state index in [2.05, 4.69) is 0 Å². The van der Waals surface area contributed by atoms with Crippen molar-refractivity contribution in [1.82, 2.24) is 0 Å². The lowest BCUT2D eigenvalue weighted by Crippen LogP contribution is -2.00. The van der Waals surface area contributed by atoms with Gasteiger partial charge in [0, 0.05) is 22.2 Å². The number of nitrogens with two attached hydrogens (primary N) is 1. The molecule has 0 aliphatic heterocycles. The van der Waals surface area contributed by atoms with Crippen molar-refractivity contribution < 1.29 is 8.95 Å². The summed E-state index contributed by atoms with van der Waals surface area (Å²) in [6.07, 6.45) is 0. The molecule has 1 unspecified atom stereocenters. The van der Waals surface area contributed by atoms with Gasteiger partial charge in [0.05, 0.1) is 33.7 Å². The SMILES string of the molecule is COc1cc(N)ccc1CS(=O)c1ccc(Cl)c(Cl)c1. The number of halogens is 2. The van der Waals surface area contributed by atoms with E-state index in [9.17, 15) is 4.21 Å². The number of benzene rings is 2. The van der Waals surface area contributed by atoms with E-state index in [0.29, 0.717) is 32.1 Å². The fourth-order valence-corrected chi connectivity index (χ4v) is 3.24. The standard InChI is InChI=1S/C14H13Cl2NO2S/c1-19-14-6-10(17)3-2-9(14)8-20(18)11-4-5-12(15)13(16)7-11/h2-7H,8,17H2,1H3. The van der Waals surface area contributed by atoms with Crippen molar-refractivity contribution in [2.75, 3.05) is 12.8 Å². The van der Waals surface area contributed by atoms with E-state index >= 15 is 0 Å². The molecule has 0 radical (unpaired) electrons. The summed E-state index contributed by atoms with van der Waals surface area (Å²) in [5.41, 5.74) is 7.12. The number of anilines is 1. The van der Waals surface area contributed by atoms with E-state index < -0.39 is 10.8 Å². The minimum Gasteiger partial charge on any atom is -0.496 e. The molecule has 0 fully saturated rings. The Balaban J connectivity index is 2.25. The van der Waals surface area contributed by atoms with Gasteiger partial charge in [-0.2, -0.15) is 0 Å². The lowest BCUT2D eigenvalue weighted by molar-refractivity contribution is 0.411. The quantitative estimate of drug-likeness (QED) is 0.865. The first-order valence-electron chi connectivity index (χ1n) is 5.77. The molecule has 0 heterocycles. The molecule has 2 N–H and O–H groups in total. The zero-order chi connectivity index (χ0) is 14.7. The monoisotopic (exact) mass is 329 g/mol. The van der Waals surface area contributed by atoms with Gasteiger partial charge >= 0.3 is 0 Å². The maximum absolute atomic E-state index is 12.4. The van der Waals surface area contributed by atoms with E-state index in [4.69, 9.17) is 33.7 Å². The second-order valence-electron chi connectivity index (χ2n) is 4.14. The molecule has 0 aromatic heterocycles. The molecule has 0 spiro atoms. The molecule has 0 saturated carbocycles. The van der Waals surface area contributed by atoms with E-state index in [1.54, 1.807) is 37.4 Å². The molecule has 0 saturated heterocycles. The fraction of sp³-hybridized carbons (Fsp3) is 0.143. The van der Waals surface area contributed by atoms with Crippen molar-refractivity contribution in [2.24, 2.45) is 0 Å². The van der Waals surface area contributed by atoms with Crippen molar-refractivity contribution in [1.29, 1.82) is 0 Å². The third kappa shape index (κ3) is 3.45. The van der Waals surface area contributed by atoms with Crippen LogP contribution in [0.15, 0.2) is 41.3 Å². The lowest BCUT2D eigenvalue weighted by atomic mass is 10.2. The van der Waals surface area contributed by atoms with Crippen LogP contribution >= 0.6 is 23.2 Å². The van der Waals surface area contributed by atoms with Gasteiger partial charge in [-0.05, 0) is 24.3 Å². The first kappa shape index (κ1) is 15.2. The summed E-state index contributed by atoms with van der Waals surface area (Å²) in [5, 5.41) is 0.833. The summed E-state index contributed by atoms with van der Waals surface area (Å²) < 4.78 is 17.6. The average molecular weight is 330 g/mol. The number of methoxy groups -OCH3 is 1. The summed E-state index contributed by atoms with van der Waals surface area (Å²) in [6, 6.07) is 10.2. The van der Waals surface area contributed by atoms with Crippen molar-refractivity contribution in [3.63, 3.8) is 0 Å². The highest BCUT2D eigenvalue weighted by Gasteiger charge is 2.11. The van der Waals surface area contributed by atoms with E-state index in [1.807, 2.05) is 6.07 Å². The lowest BCUT2D eigenvalue weighted by Gasteiger charge is -2.09. The molecular weight excluding hydrogens is 317 g/mol. The smallest absolute Gasteiger partial charge is 0.125 e. The van der Waals surface area contributed by atoms with Crippen LogP contribution in [0, 0.1) is 0 Å². The summed E-state index contributed by atoms with van der Waals surface area (Å²) in [5.74, 6) is 0.944. The Morgan fingerprint density at radius 2 is 1.90 bits per heavy atom. The molecule has 2 aromatic rings. The van der Waals surface area contributed by atoms with Crippen LogP contribution in [0.1, 0.15) is 5.56 Å². The van der Waals surface area contributed by atoms with E-state index in [1.165, 1.54) is 0 Å². The fourth-order valence-electron chi connectivity index (χ4n) is 1.72. The Morgan fingerprint density at radius 1 is 1.15 bits per heavy atom. The molecule has 0 bridgehead atoms. The van der Waals surface area contributed by atoms with Crippen LogP contribution in [-0.2, 0) is 16.6 Å². The zero-order valence-electron chi connectivity index (χ0n) is 10.7. The Kier molecular flexibility index (Phi) is 4.91. The van der Waals surface area contributed by atoms with Crippen LogP contribution in [0.2, 0.25) is 10.0 Å². The minimum atomic E-state index is -1.24. The molecular formula is C14H13Cl2NO2S. The summed E-state index contributed by atoms with van der Waals surface area (Å²) in [4.78, 5) is 0.623. The second kappa shape index (κ2) is 6.48. The highest BCUT2D eigenvalue weighted by atomic mass is 35.5. The van der Waals surface area contributed by atoms with Crippen molar-refractivity contribution in [2.45, 2.75) is 10.6 Å². The van der Waals surface area contributed by atoms with E-state index in [0.717, 1.165) is 5.56 Å². The molecule has 20 heavy (non-hydrogen) atoms. The van der Waals surface area contributed by atoms with Crippen LogP contribution in [0.25, 0.3) is 0 Å².